The van der Waals surface area contributed by atoms with Crippen LogP contribution in [0.3, 0.4) is 0 Å². The number of likely N-dealkylation sites (N-methyl/N-ethyl adjacent to an activating group) is 1. The number of aromatic nitrogens is 3. The SMILES string of the molecule is CCC(CC)C(=O)N1CC[C@H](c2nn(CCN(C)C)c3ncccc23)C1. The van der Waals surface area contributed by atoms with Gasteiger partial charge in [-0.1, -0.05) is 13.8 Å². The molecule has 1 fully saturated rings. The van der Waals surface area contributed by atoms with Gasteiger partial charge >= 0.3 is 0 Å². The Hall–Kier alpha value is -1.95. The van der Waals surface area contributed by atoms with Gasteiger partial charge in [0.25, 0.3) is 0 Å². The van der Waals surface area contributed by atoms with Crippen LogP contribution in [-0.4, -0.2) is 64.2 Å². The minimum Gasteiger partial charge on any atom is -0.342 e. The standard InChI is InChI=1S/C20H31N5O/c1-5-15(6-2)20(26)24-11-9-16(14-24)18-17-8-7-10-21-19(17)25(22-18)13-12-23(3)4/h7-8,10,15-16H,5-6,9,11-14H2,1-4H3/t16-/m0/s1. The average Bonchev–Trinajstić information content (AvgIpc) is 3.26. The molecule has 0 spiro atoms. The van der Waals surface area contributed by atoms with Crippen molar-refractivity contribution in [1.82, 2.24) is 24.6 Å². The molecule has 0 unspecified atom stereocenters. The number of hydrogen-bond donors (Lipinski definition) is 0. The minimum atomic E-state index is 0.157. The number of hydrogen-bond acceptors (Lipinski definition) is 4. The predicted molar refractivity (Wildman–Crippen MR) is 104 cm³/mol. The Morgan fingerprint density at radius 1 is 1.35 bits per heavy atom. The van der Waals surface area contributed by atoms with Crippen molar-refractivity contribution in [3.8, 4) is 0 Å². The molecule has 0 saturated carbocycles. The van der Waals surface area contributed by atoms with E-state index in [2.05, 4.69) is 43.9 Å². The summed E-state index contributed by atoms with van der Waals surface area (Å²) in [5, 5.41) is 6.04. The number of amides is 1. The van der Waals surface area contributed by atoms with Crippen molar-refractivity contribution in [3.63, 3.8) is 0 Å². The van der Waals surface area contributed by atoms with E-state index in [1.165, 1.54) is 0 Å². The third kappa shape index (κ3) is 3.75. The molecule has 3 heterocycles. The maximum atomic E-state index is 12.7. The highest BCUT2D eigenvalue weighted by atomic mass is 16.2. The summed E-state index contributed by atoms with van der Waals surface area (Å²) < 4.78 is 2.02. The number of fused-ring (bicyclic) bond motifs is 1. The second kappa shape index (κ2) is 8.16. The summed E-state index contributed by atoms with van der Waals surface area (Å²) in [5.41, 5.74) is 2.06. The zero-order valence-electron chi connectivity index (χ0n) is 16.5. The van der Waals surface area contributed by atoms with Crippen LogP contribution in [0.2, 0.25) is 0 Å². The molecule has 26 heavy (non-hydrogen) atoms. The number of carbonyl (C=O) groups excluding carboxylic acids is 1. The molecule has 3 rings (SSSR count). The fourth-order valence-corrected chi connectivity index (χ4v) is 3.87. The monoisotopic (exact) mass is 357 g/mol. The summed E-state index contributed by atoms with van der Waals surface area (Å²) in [5.74, 6) is 0.775. The molecular weight excluding hydrogens is 326 g/mol. The van der Waals surface area contributed by atoms with Gasteiger partial charge in [0.05, 0.1) is 12.2 Å². The predicted octanol–water partition coefficient (Wildman–Crippen LogP) is 2.75. The van der Waals surface area contributed by atoms with Crippen LogP contribution in [0.1, 0.15) is 44.7 Å². The first-order valence-corrected chi connectivity index (χ1v) is 9.80. The van der Waals surface area contributed by atoms with Gasteiger partial charge in [0.1, 0.15) is 0 Å². The Kier molecular flexibility index (Phi) is 5.91. The van der Waals surface area contributed by atoms with Gasteiger partial charge in [0.2, 0.25) is 5.91 Å². The van der Waals surface area contributed by atoms with Crippen LogP contribution in [0.25, 0.3) is 11.0 Å². The van der Waals surface area contributed by atoms with Crippen molar-refractivity contribution in [2.45, 2.75) is 45.6 Å². The van der Waals surface area contributed by atoms with Crippen molar-refractivity contribution in [2.24, 2.45) is 5.92 Å². The van der Waals surface area contributed by atoms with Gasteiger partial charge in [-0.25, -0.2) is 9.67 Å². The van der Waals surface area contributed by atoms with Crippen molar-refractivity contribution in [2.75, 3.05) is 33.7 Å². The largest absolute Gasteiger partial charge is 0.342 e. The van der Waals surface area contributed by atoms with Gasteiger partial charge in [-0.05, 0) is 45.5 Å². The number of carbonyl (C=O) groups is 1. The Bertz CT molecular complexity index is 750. The molecule has 6 heteroatoms. The summed E-state index contributed by atoms with van der Waals surface area (Å²) in [6, 6.07) is 4.09. The van der Waals surface area contributed by atoms with E-state index in [0.29, 0.717) is 11.8 Å². The first kappa shape index (κ1) is 18.8. The summed E-state index contributed by atoms with van der Waals surface area (Å²) in [4.78, 5) is 21.5. The molecule has 2 aromatic heterocycles. The summed E-state index contributed by atoms with van der Waals surface area (Å²) in [6.45, 7) is 7.58. The lowest BCUT2D eigenvalue weighted by molar-refractivity contribution is -0.134. The second-order valence-electron chi connectivity index (χ2n) is 7.57. The topological polar surface area (TPSA) is 54.3 Å². The molecular formula is C20H31N5O. The van der Waals surface area contributed by atoms with Gasteiger partial charge < -0.3 is 9.80 Å². The maximum absolute atomic E-state index is 12.7. The Labute approximate surface area is 156 Å². The Balaban J connectivity index is 1.81. The highest BCUT2D eigenvalue weighted by Crippen LogP contribution is 2.32. The van der Waals surface area contributed by atoms with Gasteiger partial charge in [-0.15, -0.1) is 0 Å². The molecule has 2 aromatic rings. The van der Waals surface area contributed by atoms with Crippen LogP contribution in [-0.2, 0) is 11.3 Å². The van der Waals surface area contributed by atoms with Gasteiger partial charge in [-0.2, -0.15) is 5.10 Å². The Morgan fingerprint density at radius 3 is 2.81 bits per heavy atom. The quantitative estimate of drug-likeness (QED) is 0.765. The third-order valence-corrected chi connectivity index (χ3v) is 5.52. The lowest BCUT2D eigenvalue weighted by Gasteiger charge is -2.21. The highest BCUT2D eigenvalue weighted by molar-refractivity contribution is 5.81. The highest BCUT2D eigenvalue weighted by Gasteiger charge is 2.32. The van der Waals surface area contributed by atoms with Crippen LogP contribution < -0.4 is 0 Å². The van der Waals surface area contributed by atoms with Crippen LogP contribution in [0.4, 0.5) is 0 Å². The summed E-state index contributed by atoms with van der Waals surface area (Å²) in [6.07, 6.45) is 4.66. The molecule has 0 bridgehead atoms. The Morgan fingerprint density at radius 2 is 2.12 bits per heavy atom. The van der Waals surface area contributed by atoms with Crippen LogP contribution in [0.15, 0.2) is 18.3 Å². The van der Waals surface area contributed by atoms with E-state index in [1.54, 1.807) is 0 Å². The fraction of sp³-hybridized carbons (Fsp3) is 0.650. The molecule has 142 valence electrons. The van der Waals surface area contributed by atoms with E-state index in [1.807, 2.05) is 21.8 Å². The summed E-state index contributed by atoms with van der Waals surface area (Å²) in [7, 11) is 4.14. The van der Waals surface area contributed by atoms with Gasteiger partial charge in [0, 0.05) is 43.1 Å². The average molecular weight is 358 g/mol. The van der Waals surface area contributed by atoms with E-state index in [-0.39, 0.29) is 5.92 Å². The number of nitrogens with zero attached hydrogens (tertiary/aromatic N) is 5. The smallest absolute Gasteiger partial charge is 0.225 e. The van der Waals surface area contributed by atoms with E-state index in [4.69, 9.17) is 5.10 Å². The fourth-order valence-electron chi connectivity index (χ4n) is 3.87. The zero-order valence-corrected chi connectivity index (χ0v) is 16.5. The lowest BCUT2D eigenvalue weighted by Crippen LogP contribution is -2.33. The van der Waals surface area contributed by atoms with E-state index in [9.17, 15) is 4.79 Å². The number of pyridine rings is 1. The molecule has 1 amide bonds. The molecule has 0 N–H and O–H groups in total. The molecule has 1 atom stereocenters. The molecule has 0 radical (unpaired) electrons. The van der Waals surface area contributed by atoms with Gasteiger partial charge in [-0.3, -0.25) is 4.79 Å². The van der Waals surface area contributed by atoms with E-state index < -0.39 is 0 Å². The van der Waals surface area contributed by atoms with Crippen molar-refractivity contribution in [3.05, 3.63) is 24.0 Å². The maximum Gasteiger partial charge on any atom is 0.225 e. The first-order chi connectivity index (χ1) is 12.5. The second-order valence-corrected chi connectivity index (χ2v) is 7.57. The minimum absolute atomic E-state index is 0.157. The molecule has 6 nitrogen and oxygen atoms in total. The molecule has 0 aliphatic carbocycles. The molecule has 1 aliphatic heterocycles. The summed E-state index contributed by atoms with van der Waals surface area (Å²) >= 11 is 0. The molecule has 1 aliphatic rings. The van der Waals surface area contributed by atoms with Crippen LogP contribution in [0.5, 0.6) is 0 Å². The first-order valence-electron chi connectivity index (χ1n) is 9.80. The van der Waals surface area contributed by atoms with E-state index in [0.717, 1.165) is 62.2 Å². The zero-order chi connectivity index (χ0) is 18.7. The third-order valence-electron chi connectivity index (χ3n) is 5.52. The van der Waals surface area contributed by atoms with Crippen molar-refractivity contribution >= 4 is 16.9 Å². The van der Waals surface area contributed by atoms with E-state index >= 15 is 0 Å². The van der Waals surface area contributed by atoms with Gasteiger partial charge in [0.15, 0.2) is 5.65 Å². The number of rotatable bonds is 7. The van der Waals surface area contributed by atoms with Crippen LogP contribution in [0, 0.1) is 5.92 Å². The lowest BCUT2D eigenvalue weighted by atomic mass is 10.0. The van der Waals surface area contributed by atoms with Crippen molar-refractivity contribution in [1.29, 1.82) is 0 Å². The molecule has 1 saturated heterocycles. The van der Waals surface area contributed by atoms with Crippen molar-refractivity contribution < 1.29 is 4.79 Å². The van der Waals surface area contributed by atoms with Crippen LogP contribution >= 0.6 is 0 Å². The molecule has 0 aromatic carbocycles. The number of likely N-dealkylation sites (tertiary alicyclic amines) is 1. The normalized spacial score (nSPS) is 17.8.